The molecule has 23 nitrogen and oxygen atoms in total. The normalized spacial score (nSPS) is 12.7. The first-order chi connectivity index (χ1) is 29.7. The van der Waals surface area contributed by atoms with Crippen LogP contribution in [0, 0.1) is 0 Å². The fraction of sp³-hybridized carbons (Fsp3) is 0.842. The summed E-state index contributed by atoms with van der Waals surface area (Å²) >= 11 is 0. The first-order valence-corrected chi connectivity index (χ1v) is 20.4. The third-order valence-electron chi connectivity index (χ3n) is 7.74. The van der Waals surface area contributed by atoms with Crippen molar-refractivity contribution in [2.75, 3.05) is 172 Å². The molecule has 1 heterocycles. The zero-order valence-electron chi connectivity index (χ0n) is 35.2. The van der Waals surface area contributed by atoms with E-state index in [4.69, 9.17) is 71.9 Å². The molecule has 61 heavy (non-hydrogen) atoms. The molecule has 2 N–H and O–H groups in total. The SMILES string of the molecule is O=C(O)CCOCCOCCOCCOCCN(CCOCCOCCOCCOCCC(=O)O)C(=O)CCOCCOCCOCCOCCC(=O)ON1C(=O)CCC1=O. The molecule has 1 aliphatic heterocycles. The van der Waals surface area contributed by atoms with Crippen molar-refractivity contribution in [2.45, 2.75) is 38.5 Å². The van der Waals surface area contributed by atoms with Crippen LogP contribution in [0.25, 0.3) is 0 Å². The van der Waals surface area contributed by atoms with Crippen molar-refractivity contribution in [3.63, 3.8) is 0 Å². The summed E-state index contributed by atoms with van der Waals surface area (Å²) in [5.41, 5.74) is 0. The van der Waals surface area contributed by atoms with Crippen LogP contribution in [0.5, 0.6) is 0 Å². The van der Waals surface area contributed by atoms with Gasteiger partial charge in [0.05, 0.1) is 184 Å². The van der Waals surface area contributed by atoms with Gasteiger partial charge in [-0.25, -0.2) is 4.79 Å². The number of imide groups is 1. The number of carboxylic acids is 2. The predicted octanol–water partition coefficient (Wildman–Crippen LogP) is -0.649. The van der Waals surface area contributed by atoms with Gasteiger partial charge in [-0.05, 0) is 0 Å². The van der Waals surface area contributed by atoms with Gasteiger partial charge in [-0.15, -0.1) is 5.06 Å². The largest absolute Gasteiger partial charge is 0.481 e. The van der Waals surface area contributed by atoms with Gasteiger partial charge in [-0.2, -0.15) is 0 Å². The Morgan fingerprint density at radius 2 is 0.656 bits per heavy atom. The second-order valence-corrected chi connectivity index (χ2v) is 12.6. The maximum absolute atomic E-state index is 13.0. The Bertz CT molecular complexity index is 1110. The molecular formula is C38H66N2O21. The summed E-state index contributed by atoms with van der Waals surface area (Å²) in [7, 11) is 0. The number of carbonyl (C=O) groups excluding carboxylic acids is 4. The average Bonchev–Trinajstić information content (AvgIpc) is 3.54. The number of aliphatic carboxylic acids is 2. The van der Waals surface area contributed by atoms with Crippen molar-refractivity contribution in [2.24, 2.45) is 0 Å². The molecule has 0 aromatic rings. The highest BCUT2D eigenvalue weighted by atomic mass is 16.7. The summed E-state index contributed by atoms with van der Waals surface area (Å²) < 4.78 is 65.1. The van der Waals surface area contributed by atoms with E-state index in [-0.39, 0.29) is 104 Å². The van der Waals surface area contributed by atoms with Crippen LogP contribution in [0.3, 0.4) is 0 Å². The molecule has 0 aromatic heterocycles. The van der Waals surface area contributed by atoms with Crippen LogP contribution in [0.4, 0.5) is 0 Å². The van der Waals surface area contributed by atoms with Gasteiger partial charge in [-0.1, -0.05) is 0 Å². The van der Waals surface area contributed by atoms with E-state index in [1.54, 1.807) is 4.90 Å². The Morgan fingerprint density at radius 3 is 0.967 bits per heavy atom. The maximum atomic E-state index is 13.0. The highest BCUT2D eigenvalue weighted by Gasteiger charge is 2.32. The van der Waals surface area contributed by atoms with Crippen molar-refractivity contribution in [3.05, 3.63) is 0 Å². The number of carbonyl (C=O) groups is 6. The van der Waals surface area contributed by atoms with Gasteiger partial charge < -0.3 is 76.8 Å². The molecular weight excluding hydrogens is 820 g/mol. The van der Waals surface area contributed by atoms with E-state index < -0.39 is 29.7 Å². The number of hydrogen-bond acceptors (Lipinski definition) is 19. The van der Waals surface area contributed by atoms with Crippen molar-refractivity contribution in [3.8, 4) is 0 Å². The molecule has 1 rings (SSSR count). The number of ether oxygens (including phenoxy) is 12. The Labute approximate surface area is 356 Å². The average molecular weight is 887 g/mol. The predicted molar refractivity (Wildman–Crippen MR) is 207 cm³/mol. The summed E-state index contributed by atoms with van der Waals surface area (Å²) in [5.74, 6) is -3.76. The summed E-state index contributed by atoms with van der Waals surface area (Å²) in [4.78, 5) is 75.0. The quantitative estimate of drug-likeness (QED) is 0.0568. The van der Waals surface area contributed by atoms with Crippen molar-refractivity contribution in [1.29, 1.82) is 0 Å². The highest BCUT2D eigenvalue weighted by Crippen LogP contribution is 2.12. The first-order valence-electron chi connectivity index (χ1n) is 20.4. The van der Waals surface area contributed by atoms with E-state index in [0.717, 1.165) is 0 Å². The Hall–Kier alpha value is -3.46. The van der Waals surface area contributed by atoms with E-state index in [1.807, 2.05) is 0 Å². The number of hydroxylamine groups is 2. The Kier molecular flexibility index (Phi) is 37.0. The lowest BCUT2D eigenvalue weighted by molar-refractivity contribution is -0.198. The molecule has 0 unspecified atom stereocenters. The second-order valence-electron chi connectivity index (χ2n) is 12.6. The number of amides is 3. The summed E-state index contributed by atoms with van der Waals surface area (Å²) in [6.45, 7) is 7.53. The van der Waals surface area contributed by atoms with E-state index in [9.17, 15) is 28.8 Å². The number of hydrogen-bond donors (Lipinski definition) is 2. The number of nitrogens with zero attached hydrogens (tertiary/aromatic N) is 2. The molecule has 23 heteroatoms. The van der Waals surface area contributed by atoms with Gasteiger partial charge in [0.1, 0.15) is 0 Å². The van der Waals surface area contributed by atoms with Gasteiger partial charge in [-0.3, -0.25) is 24.0 Å². The minimum atomic E-state index is -0.914. The third-order valence-corrected chi connectivity index (χ3v) is 7.74. The molecule has 0 saturated carbocycles. The van der Waals surface area contributed by atoms with Gasteiger partial charge in [0.2, 0.25) is 5.91 Å². The van der Waals surface area contributed by atoms with Gasteiger partial charge in [0, 0.05) is 25.9 Å². The lowest BCUT2D eigenvalue weighted by Crippen LogP contribution is -2.37. The van der Waals surface area contributed by atoms with Crippen LogP contribution in [-0.4, -0.2) is 227 Å². The van der Waals surface area contributed by atoms with Crippen molar-refractivity contribution < 1.29 is 101 Å². The second kappa shape index (κ2) is 40.6. The van der Waals surface area contributed by atoms with Gasteiger partial charge in [0.15, 0.2) is 0 Å². The topological polar surface area (TPSA) is 269 Å². The molecule has 1 aliphatic rings. The molecule has 0 aromatic carbocycles. The van der Waals surface area contributed by atoms with Crippen LogP contribution in [0.15, 0.2) is 0 Å². The van der Waals surface area contributed by atoms with Crippen LogP contribution in [0.2, 0.25) is 0 Å². The maximum Gasteiger partial charge on any atom is 0.335 e. The van der Waals surface area contributed by atoms with Crippen LogP contribution < -0.4 is 0 Å². The Balaban J connectivity index is 2.15. The van der Waals surface area contributed by atoms with Gasteiger partial charge >= 0.3 is 17.9 Å². The number of carboxylic acid groups (broad SMARTS) is 2. The molecule has 1 fully saturated rings. The van der Waals surface area contributed by atoms with Crippen LogP contribution >= 0.6 is 0 Å². The summed E-state index contributed by atoms with van der Waals surface area (Å²) in [6, 6.07) is 0. The fourth-order valence-corrected chi connectivity index (χ4v) is 4.59. The monoisotopic (exact) mass is 886 g/mol. The zero-order chi connectivity index (χ0) is 44.4. The Morgan fingerprint density at radius 1 is 0.393 bits per heavy atom. The smallest absolute Gasteiger partial charge is 0.335 e. The van der Waals surface area contributed by atoms with Crippen LogP contribution in [0.1, 0.15) is 38.5 Å². The van der Waals surface area contributed by atoms with E-state index in [1.165, 1.54) is 0 Å². The molecule has 354 valence electrons. The molecule has 0 aliphatic carbocycles. The standard InChI is InChI=1S/C38H66N2O21/c41-33(3-9-49-15-21-55-27-28-58-24-18-52-12-6-38(48)61-40-34(42)1-2-35(40)43)39(7-13-53-19-25-59-31-29-56-22-16-50-10-4-36(44)45)8-14-54-20-26-60-32-30-57-23-17-51-11-5-37(46)47/h1-32H2,(H,44,45)(H,46,47). The van der Waals surface area contributed by atoms with Gasteiger partial charge in [0.25, 0.3) is 11.8 Å². The first kappa shape index (κ1) is 55.6. The van der Waals surface area contributed by atoms with E-state index in [0.29, 0.717) is 117 Å². The van der Waals surface area contributed by atoms with Crippen molar-refractivity contribution >= 4 is 35.6 Å². The molecule has 1 saturated heterocycles. The van der Waals surface area contributed by atoms with Crippen molar-refractivity contribution in [1.82, 2.24) is 9.96 Å². The lowest BCUT2D eigenvalue weighted by atomic mass is 10.3. The highest BCUT2D eigenvalue weighted by molar-refractivity contribution is 6.01. The lowest BCUT2D eigenvalue weighted by Gasteiger charge is -2.23. The van der Waals surface area contributed by atoms with E-state index in [2.05, 4.69) is 0 Å². The van der Waals surface area contributed by atoms with Crippen LogP contribution in [-0.2, 0) is 90.4 Å². The molecule has 0 spiro atoms. The summed E-state index contributed by atoms with van der Waals surface area (Å²) in [5, 5.41) is 17.7. The van der Waals surface area contributed by atoms with E-state index >= 15 is 0 Å². The molecule has 0 bridgehead atoms. The molecule has 0 atom stereocenters. The summed E-state index contributed by atoms with van der Waals surface area (Å²) in [6.07, 6.45) is -0.00802. The minimum absolute atomic E-state index is 0.0306. The number of rotatable bonds is 46. The zero-order valence-corrected chi connectivity index (χ0v) is 35.2. The molecule has 3 amide bonds. The third kappa shape index (κ3) is 35.8. The fourth-order valence-electron chi connectivity index (χ4n) is 4.59. The molecule has 0 radical (unpaired) electrons. The minimum Gasteiger partial charge on any atom is -0.481 e.